The van der Waals surface area contributed by atoms with Gasteiger partial charge in [-0.2, -0.15) is 5.26 Å². The normalized spacial score (nSPS) is 13.9. The Labute approximate surface area is 169 Å². The summed E-state index contributed by atoms with van der Waals surface area (Å²) in [6.45, 7) is 5.23. The Bertz CT molecular complexity index is 997. The maximum Gasteiger partial charge on any atom is 0.310 e. The van der Waals surface area contributed by atoms with Gasteiger partial charge in [-0.3, -0.25) is 14.9 Å². The number of aromatic nitrogens is 1. The van der Waals surface area contributed by atoms with Crippen LogP contribution in [0.15, 0.2) is 18.2 Å². The van der Waals surface area contributed by atoms with Crippen LogP contribution in [-0.4, -0.2) is 22.0 Å². The lowest BCUT2D eigenvalue weighted by molar-refractivity contribution is -0.385. The van der Waals surface area contributed by atoms with Gasteiger partial charge in [-0.25, -0.2) is 0 Å². The lowest BCUT2D eigenvalue weighted by Gasteiger charge is -2.19. The SMILES string of the molecule is Cc1ccc([N+](=O)[O-])c(OCC(=O)Nc2c(C#N)c(C)c(C)n2C2CCCC2)c1. The number of carbonyl (C=O) groups is 1. The van der Waals surface area contributed by atoms with Crippen LogP contribution in [-0.2, 0) is 4.79 Å². The molecule has 3 rings (SSSR count). The molecule has 1 aromatic carbocycles. The minimum atomic E-state index is -0.543. The molecule has 1 fully saturated rings. The van der Waals surface area contributed by atoms with E-state index >= 15 is 0 Å². The molecule has 1 N–H and O–H groups in total. The van der Waals surface area contributed by atoms with Crippen molar-refractivity contribution in [2.24, 2.45) is 0 Å². The van der Waals surface area contributed by atoms with E-state index in [0.717, 1.165) is 42.5 Å². The number of benzene rings is 1. The van der Waals surface area contributed by atoms with Crippen molar-refractivity contribution in [2.45, 2.75) is 52.5 Å². The van der Waals surface area contributed by atoms with E-state index in [0.29, 0.717) is 11.4 Å². The molecule has 8 heteroatoms. The second-order valence-corrected chi connectivity index (χ2v) is 7.42. The van der Waals surface area contributed by atoms with Gasteiger partial charge < -0.3 is 14.6 Å². The maximum absolute atomic E-state index is 12.6. The first-order chi connectivity index (χ1) is 13.8. The van der Waals surface area contributed by atoms with Crippen LogP contribution >= 0.6 is 0 Å². The van der Waals surface area contributed by atoms with Crippen LogP contribution in [0.5, 0.6) is 5.75 Å². The summed E-state index contributed by atoms with van der Waals surface area (Å²) in [5.74, 6) is 0.0694. The van der Waals surface area contributed by atoms with Crippen molar-refractivity contribution in [2.75, 3.05) is 11.9 Å². The zero-order chi connectivity index (χ0) is 21.1. The molecule has 0 atom stereocenters. The third-order valence-electron chi connectivity index (χ3n) is 5.49. The average molecular weight is 396 g/mol. The zero-order valence-electron chi connectivity index (χ0n) is 16.8. The second kappa shape index (κ2) is 8.35. The molecule has 29 heavy (non-hydrogen) atoms. The summed E-state index contributed by atoms with van der Waals surface area (Å²) in [4.78, 5) is 23.2. The summed E-state index contributed by atoms with van der Waals surface area (Å²) in [5.41, 5.74) is 2.87. The van der Waals surface area contributed by atoms with Gasteiger partial charge in [0.25, 0.3) is 5.91 Å². The van der Waals surface area contributed by atoms with Gasteiger partial charge in [0, 0.05) is 17.8 Å². The molecule has 0 unspecified atom stereocenters. The van der Waals surface area contributed by atoms with Crippen LogP contribution in [0, 0.1) is 42.2 Å². The molecule has 1 saturated carbocycles. The second-order valence-electron chi connectivity index (χ2n) is 7.42. The van der Waals surface area contributed by atoms with Crippen LogP contribution in [0.1, 0.15) is 54.1 Å². The minimum absolute atomic E-state index is 0.0455. The lowest BCUT2D eigenvalue weighted by Crippen LogP contribution is -2.23. The molecule has 2 aromatic rings. The minimum Gasteiger partial charge on any atom is -0.477 e. The highest BCUT2D eigenvalue weighted by Gasteiger charge is 2.27. The standard InChI is InChI=1S/C21H24N4O4/c1-13-8-9-18(25(27)28)19(10-13)29-12-20(26)23-21-17(11-22)14(2)15(3)24(21)16-6-4-5-7-16/h8-10,16H,4-7,12H2,1-3H3,(H,23,26). The van der Waals surface area contributed by atoms with Gasteiger partial charge in [-0.1, -0.05) is 18.9 Å². The topological polar surface area (TPSA) is 110 Å². The van der Waals surface area contributed by atoms with Gasteiger partial charge in [-0.15, -0.1) is 0 Å². The molecule has 1 amide bonds. The van der Waals surface area contributed by atoms with Crippen molar-refractivity contribution in [3.8, 4) is 11.8 Å². The lowest BCUT2D eigenvalue weighted by atomic mass is 10.2. The first kappa shape index (κ1) is 20.4. The van der Waals surface area contributed by atoms with E-state index in [-0.39, 0.29) is 24.1 Å². The molecule has 1 aliphatic rings. The summed E-state index contributed by atoms with van der Waals surface area (Å²) in [6, 6.07) is 6.95. The number of nitrogens with zero attached hydrogens (tertiary/aromatic N) is 3. The first-order valence-corrected chi connectivity index (χ1v) is 9.62. The van der Waals surface area contributed by atoms with E-state index in [2.05, 4.69) is 11.4 Å². The molecule has 1 heterocycles. The number of nitro benzene ring substituents is 1. The first-order valence-electron chi connectivity index (χ1n) is 9.62. The number of ether oxygens (including phenoxy) is 1. The van der Waals surface area contributed by atoms with Gasteiger partial charge in [0.2, 0.25) is 0 Å². The van der Waals surface area contributed by atoms with Crippen LogP contribution in [0.3, 0.4) is 0 Å². The Morgan fingerprint density at radius 1 is 1.34 bits per heavy atom. The number of nitriles is 1. The van der Waals surface area contributed by atoms with Crippen molar-refractivity contribution >= 4 is 17.4 Å². The monoisotopic (exact) mass is 396 g/mol. The number of rotatable bonds is 6. The Balaban J connectivity index is 1.81. The van der Waals surface area contributed by atoms with Crippen LogP contribution in [0.2, 0.25) is 0 Å². The number of anilines is 1. The molecule has 1 aromatic heterocycles. The highest BCUT2D eigenvalue weighted by Crippen LogP contribution is 2.37. The van der Waals surface area contributed by atoms with Crippen LogP contribution < -0.4 is 10.1 Å². The Morgan fingerprint density at radius 3 is 2.66 bits per heavy atom. The highest BCUT2D eigenvalue weighted by atomic mass is 16.6. The van der Waals surface area contributed by atoms with Gasteiger partial charge in [0.05, 0.1) is 10.5 Å². The fraction of sp³-hybridized carbons (Fsp3) is 0.429. The van der Waals surface area contributed by atoms with Crippen molar-refractivity contribution in [3.05, 3.63) is 50.7 Å². The number of amides is 1. The van der Waals surface area contributed by atoms with Crippen molar-refractivity contribution < 1.29 is 14.5 Å². The van der Waals surface area contributed by atoms with E-state index in [1.807, 2.05) is 18.4 Å². The average Bonchev–Trinajstić information content (AvgIpc) is 3.27. The number of nitro groups is 1. The van der Waals surface area contributed by atoms with E-state index in [9.17, 15) is 20.2 Å². The highest BCUT2D eigenvalue weighted by molar-refractivity contribution is 5.93. The van der Waals surface area contributed by atoms with E-state index in [1.165, 1.54) is 12.1 Å². The number of nitrogens with one attached hydrogen (secondary N) is 1. The third kappa shape index (κ3) is 4.09. The van der Waals surface area contributed by atoms with Crippen molar-refractivity contribution in [3.63, 3.8) is 0 Å². The summed E-state index contributed by atoms with van der Waals surface area (Å²) in [7, 11) is 0. The molecule has 1 aliphatic carbocycles. The number of hydrogen-bond donors (Lipinski definition) is 1. The van der Waals surface area contributed by atoms with Gasteiger partial charge >= 0.3 is 5.69 Å². The molecule has 8 nitrogen and oxygen atoms in total. The fourth-order valence-electron chi connectivity index (χ4n) is 3.90. The Kier molecular flexibility index (Phi) is 5.87. The van der Waals surface area contributed by atoms with Crippen LogP contribution in [0.4, 0.5) is 11.5 Å². The summed E-state index contributed by atoms with van der Waals surface area (Å²) in [5, 5.41) is 23.6. The molecule has 0 aliphatic heterocycles. The number of hydrogen-bond acceptors (Lipinski definition) is 5. The molecular formula is C21H24N4O4. The third-order valence-corrected chi connectivity index (χ3v) is 5.49. The quantitative estimate of drug-likeness (QED) is 0.577. The smallest absolute Gasteiger partial charge is 0.310 e. The summed E-state index contributed by atoms with van der Waals surface area (Å²) < 4.78 is 7.49. The van der Waals surface area contributed by atoms with Crippen molar-refractivity contribution in [1.82, 2.24) is 4.57 Å². The number of aryl methyl sites for hydroxylation is 1. The molecular weight excluding hydrogens is 372 g/mol. The van der Waals surface area contributed by atoms with Crippen LogP contribution in [0.25, 0.3) is 0 Å². The molecule has 0 spiro atoms. The Hall–Kier alpha value is -3.34. The summed E-state index contributed by atoms with van der Waals surface area (Å²) in [6.07, 6.45) is 4.26. The number of carbonyl (C=O) groups excluding carboxylic acids is 1. The van der Waals surface area contributed by atoms with Crippen molar-refractivity contribution in [1.29, 1.82) is 5.26 Å². The van der Waals surface area contributed by atoms with Gasteiger partial charge in [-0.05, 0) is 50.8 Å². The zero-order valence-corrected chi connectivity index (χ0v) is 16.8. The van der Waals surface area contributed by atoms with Gasteiger partial charge in [0.1, 0.15) is 11.9 Å². The predicted octanol–water partition coefficient (Wildman–Crippen LogP) is 4.33. The maximum atomic E-state index is 12.6. The Morgan fingerprint density at radius 2 is 2.03 bits per heavy atom. The molecule has 0 radical (unpaired) electrons. The molecule has 0 saturated heterocycles. The fourth-order valence-corrected chi connectivity index (χ4v) is 3.90. The van der Waals surface area contributed by atoms with E-state index in [1.54, 1.807) is 13.0 Å². The van der Waals surface area contributed by atoms with E-state index < -0.39 is 10.8 Å². The predicted molar refractivity (Wildman–Crippen MR) is 108 cm³/mol. The van der Waals surface area contributed by atoms with E-state index in [4.69, 9.17) is 4.74 Å². The molecule has 152 valence electrons. The molecule has 0 bridgehead atoms. The largest absolute Gasteiger partial charge is 0.477 e. The summed E-state index contributed by atoms with van der Waals surface area (Å²) >= 11 is 0. The van der Waals surface area contributed by atoms with Gasteiger partial charge in [0.15, 0.2) is 12.4 Å².